The summed E-state index contributed by atoms with van der Waals surface area (Å²) in [5.41, 5.74) is -0.192. The zero-order valence-corrected chi connectivity index (χ0v) is 14.8. The monoisotopic (exact) mass is 343 g/mol. The van der Waals surface area contributed by atoms with E-state index in [9.17, 15) is 14.4 Å². The Hall–Kier alpha value is -2.16. The number of carbonyl (C=O) groups is 3. The minimum absolute atomic E-state index is 0.243. The van der Waals surface area contributed by atoms with Gasteiger partial charge in [-0.05, 0) is 34.6 Å². The molecule has 0 aliphatic rings. The third-order valence-electron chi connectivity index (χ3n) is 2.51. The van der Waals surface area contributed by atoms with Crippen molar-refractivity contribution >= 4 is 34.4 Å². The van der Waals surface area contributed by atoms with E-state index in [4.69, 9.17) is 4.74 Å². The predicted octanol–water partition coefficient (Wildman–Crippen LogP) is 2.09. The van der Waals surface area contributed by atoms with Crippen molar-refractivity contribution in [2.45, 2.75) is 46.3 Å². The number of methoxy groups -OCH3 is 1. The van der Waals surface area contributed by atoms with Crippen molar-refractivity contribution in [3.63, 3.8) is 0 Å². The summed E-state index contributed by atoms with van der Waals surface area (Å²) in [5.74, 6) is -1.01. The molecule has 0 bridgehead atoms. The van der Waals surface area contributed by atoms with Gasteiger partial charge in [0.25, 0.3) is 5.91 Å². The van der Waals surface area contributed by atoms with Crippen LogP contribution in [0.4, 0.5) is 9.93 Å². The fourth-order valence-electron chi connectivity index (χ4n) is 1.55. The van der Waals surface area contributed by atoms with Gasteiger partial charge in [0.2, 0.25) is 0 Å². The second-order valence-electron chi connectivity index (χ2n) is 5.78. The zero-order chi connectivity index (χ0) is 17.8. The maximum Gasteiger partial charge on any atom is 0.413 e. The molecule has 2 N–H and O–H groups in total. The maximum atomic E-state index is 12.1. The summed E-state index contributed by atoms with van der Waals surface area (Å²) >= 11 is 0.996. The number of hydrogen-bond donors (Lipinski definition) is 2. The second-order valence-corrected chi connectivity index (χ2v) is 6.78. The van der Waals surface area contributed by atoms with Gasteiger partial charge in [-0.3, -0.25) is 10.1 Å². The lowest BCUT2D eigenvalue weighted by molar-refractivity contribution is -0.142. The van der Waals surface area contributed by atoms with Gasteiger partial charge >= 0.3 is 12.1 Å². The molecule has 1 rings (SSSR count). The average molecular weight is 343 g/mol. The highest BCUT2D eigenvalue weighted by atomic mass is 32.1. The predicted molar refractivity (Wildman–Crippen MR) is 85.7 cm³/mol. The fourth-order valence-corrected chi connectivity index (χ4v) is 2.40. The molecule has 0 aliphatic carbocycles. The van der Waals surface area contributed by atoms with Gasteiger partial charge in [0.1, 0.15) is 16.5 Å². The Morgan fingerprint density at radius 3 is 2.39 bits per heavy atom. The Morgan fingerprint density at radius 2 is 1.87 bits per heavy atom. The SMILES string of the molecule is COC(=O)[C@H](C)NC(=O)c1sc(NC(=O)OC(C)(C)C)nc1C. The lowest BCUT2D eigenvalue weighted by Gasteiger charge is -2.18. The van der Waals surface area contributed by atoms with E-state index in [2.05, 4.69) is 20.4 Å². The minimum atomic E-state index is -0.781. The first-order valence-corrected chi connectivity index (χ1v) is 7.71. The van der Waals surface area contributed by atoms with Gasteiger partial charge in [0.15, 0.2) is 5.13 Å². The molecule has 0 unspecified atom stereocenters. The molecule has 1 atom stereocenters. The Kier molecular flexibility index (Phi) is 6.08. The number of aryl methyl sites for hydroxylation is 1. The van der Waals surface area contributed by atoms with Crippen LogP contribution < -0.4 is 10.6 Å². The van der Waals surface area contributed by atoms with Crippen molar-refractivity contribution in [3.05, 3.63) is 10.6 Å². The van der Waals surface area contributed by atoms with Crippen molar-refractivity contribution in [2.75, 3.05) is 12.4 Å². The zero-order valence-electron chi connectivity index (χ0n) is 14.0. The lowest BCUT2D eigenvalue weighted by Crippen LogP contribution is -2.39. The van der Waals surface area contributed by atoms with Crippen LogP contribution in [0.3, 0.4) is 0 Å². The van der Waals surface area contributed by atoms with Crippen LogP contribution in [0.15, 0.2) is 0 Å². The van der Waals surface area contributed by atoms with Crippen molar-refractivity contribution < 1.29 is 23.9 Å². The van der Waals surface area contributed by atoms with E-state index in [0.29, 0.717) is 10.6 Å². The molecule has 1 aromatic rings. The van der Waals surface area contributed by atoms with Gasteiger partial charge in [-0.1, -0.05) is 11.3 Å². The largest absolute Gasteiger partial charge is 0.467 e. The van der Waals surface area contributed by atoms with Crippen molar-refractivity contribution in [2.24, 2.45) is 0 Å². The molecule has 0 aliphatic heterocycles. The quantitative estimate of drug-likeness (QED) is 0.811. The minimum Gasteiger partial charge on any atom is -0.467 e. The van der Waals surface area contributed by atoms with Gasteiger partial charge in [-0.2, -0.15) is 0 Å². The number of aromatic nitrogens is 1. The number of esters is 1. The summed E-state index contributed by atoms with van der Waals surface area (Å²) in [6.45, 7) is 8.38. The number of amides is 2. The molecule has 9 heteroatoms. The molecule has 23 heavy (non-hydrogen) atoms. The first-order chi connectivity index (χ1) is 10.5. The Labute approximate surface area is 138 Å². The van der Waals surface area contributed by atoms with E-state index in [1.807, 2.05) is 0 Å². The molecule has 0 spiro atoms. The molecule has 2 amide bonds. The molecular weight excluding hydrogens is 322 g/mol. The van der Waals surface area contributed by atoms with Crippen LogP contribution in [0.1, 0.15) is 43.1 Å². The number of nitrogens with one attached hydrogen (secondary N) is 2. The van der Waals surface area contributed by atoms with E-state index in [-0.39, 0.29) is 5.13 Å². The van der Waals surface area contributed by atoms with Gasteiger partial charge in [-0.15, -0.1) is 0 Å². The highest BCUT2D eigenvalue weighted by molar-refractivity contribution is 7.17. The van der Waals surface area contributed by atoms with Gasteiger partial charge in [0, 0.05) is 0 Å². The third kappa shape index (κ3) is 5.85. The van der Waals surface area contributed by atoms with E-state index >= 15 is 0 Å². The van der Waals surface area contributed by atoms with Gasteiger partial charge < -0.3 is 14.8 Å². The lowest BCUT2D eigenvalue weighted by atomic mass is 10.2. The number of anilines is 1. The molecule has 0 fully saturated rings. The standard InChI is InChI=1S/C14H21N3O5S/c1-7-9(10(18)15-8(2)11(19)21-6)23-12(16-7)17-13(20)22-14(3,4)5/h8H,1-6H3,(H,15,18)(H,16,17,20)/t8-/m0/s1. The van der Waals surface area contributed by atoms with Crippen molar-refractivity contribution in [1.82, 2.24) is 10.3 Å². The highest BCUT2D eigenvalue weighted by Gasteiger charge is 2.22. The molecule has 0 saturated carbocycles. The summed E-state index contributed by atoms with van der Waals surface area (Å²) in [6.07, 6.45) is -0.652. The number of thiazole rings is 1. The molecule has 0 aromatic carbocycles. The Balaban J connectivity index is 2.76. The summed E-state index contributed by atoms with van der Waals surface area (Å²) in [4.78, 5) is 39.6. The number of hydrogen-bond acceptors (Lipinski definition) is 7. The van der Waals surface area contributed by atoms with Crippen molar-refractivity contribution in [1.29, 1.82) is 0 Å². The fraction of sp³-hybridized carbons (Fsp3) is 0.571. The third-order valence-corrected chi connectivity index (χ3v) is 3.58. The van der Waals surface area contributed by atoms with E-state index < -0.39 is 29.6 Å². The van der Waals surface area contributed by atoms with Gasteiger partial charge in [0.05, 0.1) is 12.8 Å². The molecule has 0 radical (unpaired) electrons. The van der Waals surface area contributed by atoms with E-state index in [1.54, 1.807) is 27.7 Å². The summed E-state index contributed by atoms with van der Waals surface area (Å²) < 4.78 is 9.66. The van der Waals surface area contributed by atoms with Crippen LogP contribution >= 0.6 is 11.3 Å². The molecule has 1 heterocycles. The number of nitrogens with zero attached hydrogens (tertiary/aromatic N) is 1. The molecule has 128 valence electrons. The van der Waals surface area contributed by atoms with Crippen LogP contribution in [-0.2, 0) is 14.3 Å². The van der Waals surface area contributed by atoms with E-state index in [1.165, 1.54) is 14.0 Å². The number of ether oxygens (including phenoxy) is 2. The topological polar surface area (TPSA) is 107 Å². The summed E-state index contributed by atoms with van der Waals surface area (Å²) in [5, 5.41) is 5.23. The maximum absolute atomic E-state index is 12.1. The molecule has 0 saturated heterocycles. The Morgan fingerprint density at radius 1 is 1.26 bits per heavy atom. The molecular formula is C14H21N3O5S. The molecule has 8 nitrogen and oxygen atoms in total. The van der Waals surface area contributed by atoms with Crippen molar-refractivity contribution in [3.8, 4) is 0 Å². The smallest absolute Gasteiger partial charge is 0.413 e. The first-order valence-electron chi connectivity index (χ1n) is 6.89. The first kappa shape index (κ1) is 18.9. The van der Waals surface area contributed by atoms with Crippen LogP contribution in [0.2, 0.25) is 0 Å². The van der Waals surface area contributed by atoms with Crippen LogP contribution in [-0.4, -0.2) is 41.7 Å². The van der Waals surface area contributed by atoms with Crippen LogP contribution in [0, 0.1) is 6.92 Å². The van der Waals surface area contributed by atoms with Crippen LogP contribution in [0.5, 0.6) is 0 Å². The number of carbonyl (C=O) groups excluding carboxylic acids is 3. The summed E-state index contributed by atoms with van der Waals surface area (Å²) in [6, 6.07) is -0.781. The normalized spacial score (nSPS) is 12.3. The molecule has 1 aromatic heterocycles. The highest BCUT2D eigenvalue weighted by Crippen LogP contribution is 2.23. The second kappa shape index (κ2) is 7.40. The van der Waals surface area contributed by atoms with Crippen LogP contribution in [0.25, 0.3) is 0 Å². The van der Waals surface area contributed by atoms with E-state index in [0.717, 1.165) is 11.3 Å². The Bertz CT molecular complexity index is 606. The van der Waals surface area contributed by atoms with Gasteiger partial charge in [-0.25, -0.2) is 14.6 Å². The summed E-state index contributed by atoms with van der Waals surface area (Å²) in [7, 11) is 1.24. The number of rotatable bonds is 4. The average Bonchev–Trinajstić information content (AvgIpc) is 2.75.